The van der Waals surface area contributed by atoms with Crippen LogP contribution in [0.25, 0.3) is 11.0 Å². The molecule has 3 heteroatoms. The summed E-state index contributed by atoms with van der Waals surface area (Å²) in [4.78, 5) is 0. The van der Waals surface area contributed by atoms with E-state index in [9.17, 15) is 0 Å². The van der Waals surface area contributed by atoms with Crippen LogP contribution in [0.2, 0.25) is 0 Å². The largest absolute Gasteiger partial charge is 0.497 e. The number of fused-ring (bicyclic) bond motifs is 1. The lowest BCUT2D eigenvalue weighted by atomic mass is 10.2. The van der Waals surface area contributed by atoms with Crippen LogP contribution in [-0.4, -0.2) is 7.11 Å². The van der Waals surface area contributed by atoms with Gasteiger partial charge in [0.25, 0.3) is 0 Å². The van der Waals surface area contributed by atoms with Crippen LogP contribution in [0.3, 0.4) is 0 Å². The summed E-state index contributed by atoms with van der Waals surface area (Å²) in [6.45, 7) is 1.90. The van der Waals surface area contributed by atoms with Gasteiger partial charge in [0.1, 0.15) is 17.1 Å². The van der Waals surface area contributed by atoms with Crippen molar-refractivity contribution in [2.24, 2.45) is 5.73 Å². The van der Waals surface area contributed by atoms with E-state index in [2.05, 4.69) is 0 Å². The Bertz CT molecular complexity index is 445. The molecule has 0 aliphatic carbocycles. The smallest absolute Gasteiger partial charge is 0.134 e. The maximum Gasteiger partial charge on any atom is 0.134 e. The number of hydrogen-bond acceptors (Lipinski definition) is 3. The molecule has 1 heterocycles. The Morgan fingerprint density at radius 3 is 2.79 bits per heavy atom. The van der Waals surface area contributed by atoms with E-state index < -0.39 is 0 Å². The van der Waals surface area contributed by atoms with Gasteiger partial charge >= 0.3 is 0 Å². The average Bonchev–Trinajstić information content (AvgIpc) is 2.59. The summed E-state index contributed by atoms with van der Waals surface area (Å²) in [6, 6.07) is 7.57. The van der Waals surface area contributed by atoms with Gasteiger partial charge in [-0.3, -0.25) is 0 Å². The minimum absolute atomic E-state index is 0.0756. The van der Waals surface area contributed by atoms with Crippen molar-refractivity contribution < 1.29 is 9.15 Å². The topological polar surface area (TPSA) is 48.4 Å². The van der Waals surface area contributed by atoms with Gasteiger partial charge < -0.3 is 14.9 Å². The highest BCUT2D eigenvalue weighted by Gasteiger charge is 2.07. The molecule has 3 nitrogen and oxygen atoms in total. The van der Waals surface area contributed by atoms with Gasteiger partial charge in [0.15, 0.2) is 0 Å². The quantitative estimate of drug-likeness (QED) is 0.793. The zero-order valence-corrected chi connectivity index (χ0v) is 8.28. The van der Waals surface area contributed by atoms with E-state index in [0.29, 0.717) is 0 Å². The van der Waals surface area contributed by atoms with Crippen LogP contribution in [0.4, 0.5) is 0 Å². The second-order valence-electron chi connectivity index (χ2n) is 3.34. The summed E-state index contributed by atoms with van der Waals surface area (Å²) >= 11 is 0. The first-order valence-corrected chi connectivity index (χ1v) is 4.54. The summed E-state index contributed by atoms with van der Waals surface area (Å²) in [6.07, 6.45) is 0. The monoisotopic (exact) mass is 191 g/mol. The molecule has 74 valence electrons. The van der Waals surface area contributed by atoms with E-state index in [-0.39, 0.29) is 6.04 Å². The number of rotatable bonds is 2. The van der Waals surface area contributed by atoms with Crippen molar-refractivity contribution in [3.63, 3.8) is 0 Å². The molecule has 0 fully saturated rings. The van der Waals surface area contributed by atoms with Gasteiger partial charge in [-0.05, 0) is 31.2 Å². The minimum atomic E-state index is -0.0756. The number of benzene rings is 1. The summed E-state index contributed by atoms with van der Waals surface area (Å²) in [5.41, 5.74) is 6.57. The summed E-state index contributed by atoms with van der Waals surface area (Å²) < 4.78 is 10.7. The zero-order valence-electron chi connectivity index (χ0n) is 8.28. The van der Waals surface area contributed by atoms with E-state index in [1.807, 2.05) is 31.2 Å². The predicted molar refractivity (Wildman–Crippen MR) is 55.4 cm³/mol. The Balaban J connectivity index is 2.54. The van der Waals surface area contributed by atoms with Gasteiger partial charge in [-0.2, -0.15) is 0 Å². The third-order valence-electron chi connectivity index (χ3n) is 2.19. The minimum Gasteiger partial charge on any atom is -0.497 e. The van der Waals surface area contributed by atoms with Gasteiger partial charge in [-0.1, -0.05) is 0 Å². The van der Waals surface area contributed by atoms with Crippen LogP contribution in [0.15, 0.2) is 28.7 Å². The summed E-state index contributed by atoms with van der Waals surface area (Å²) in [7, 11) is 1.65. The van der Waals surface area contributed by atoms with Crippen LogP contribution in [-0.2, 0) is 0 Å². The van der Waals surface area contributed by atoms with Gasteiger partial charge in [-0.25, -0.2) is 0 Å². The van der Waals surface area contributed by atoms with Crippen molar-refractivity contribution in [3.05, 3.63) is 30.0 Å². The first-order chi connectivity index (χ1) is 6.70. The van der Waals surface area contributed by atoms with Crippen LogP contribution in [0.1, 0.15) is 18.7 Å². The first kappa shape index (κ1) is 9.09. The SMILES string of the molecule is COc1ccc2oc([C@@H](C)N)cc2c1. The molecule has 0 unspecified atom stereocenters. The van der Waals surface area contributed by atoms with Crippen molar-refractivity contribution in [1.82, 2.24) is 0 Å². The molecule has 1 aromatic heterocycles. The standard InChI is InChI=1S/C11H13NO2/c1-7(12)11-6-8-5-9(13-2)3-4-10(8)14-11/h3-7H,12H2,1-2H3/t7-/m1/s1. The second-order valence-corrected chi connectivity index (χ2v) is 3.34. The number of nitrogens with two attached hydrogens (primary N) is 1. The normalized spacial score (nSPS) is 13.1. The van der Waals surface area contributed by atoms with E-state index in [0.717, 1.165) is 22.5 Å². The third-order valence-corrected chi connectivity index (χ3v) is 2.19. The lowest BCUT2D eigenvalue weighted by Crippen LogP contribution is -2.02. The van der Waals surface area contributed by atoms with Gasteiger partial charge in [0, 0.05) is 5.39 Å². The zero-order chi connectivity index (χ0) is 10.1. The maximum absolute atomic E-state index is 5.72. The number of furan rings is 1. The highest BCUT2D eigenvalue weighted by molar-refractivity contribution is 5.79. The van der Waals surface area contributed by atoms with Crippen LogP contribution in [0, 0.1) is 0 Å². The molecule has 2 N–H and O–H groups in total. The molecule has 0 radical (unpaired) electrons. The fourth-order valence-corrected chi connectivity index (χ4v) is 1.39. The molecule has 14 heavy (non-hydrogen) atoms. The summed E-state index contributed by atoms with van der Waals surface area (Å²) in [5.74, 6) is 1.63. The molecule has 0 aliphatic rings. The van der Waals surface area contributed by atoms with Gasteiger partial charge in [0.05, 0.1) is 13.2 Å². The molecule has 0 aliphatic heterocycles. The number of methoxy groups -OCH3 is 1. The highest BCUT2D eigenvalue weighted by atomic mass is 16.5. The molecule has 0 amide bonds. The second kappa shape index (κ2) is 3.35. The van der Waals surface area contributed by atoms with E-state index in [1.54, 1.807) is 7.11 Å². The molecule has 2 aromatic rings. The fourth-order valence-electron chi connectivity index (χ4n) is 1.39. The molecule has 1 aromatic carbocycles. The lowest BCUT2D eigenvalue weighted by molar-refractivity contribution is 0.415. The molecular formula is C11H13NO2. The van der Waals surface area contributed by atoms with Crippen molar-refractivity contribution >= 4 is 11.0 Å². The first-order valence-electron chi connectivity index (χ1n) is 4.54. The molecular weight excluding hydrogens is 178 g/mol. The summed E-state index contributed by atoms with van der Waals surface area (Å²) in [5, 5.41) is 1.02. The van der Waals surface area contributed by atoms with Crippen LogP contribution < -0.4 is 10.5 Å². The van der Waals surface area contributed by atoms with Crippen molar-refractivity contribution in [3.8, 4) is 5.75 Å². The third kappa shape index (κ3) is 1.46. The van der Waals surface area contributed by atoms with Crippen molar-refractivity contribution in [1.29, 1.82) is 0 Å². The fraction of sp³-hybridized carbons (Fsp3) is 0.273. The Morgan fingerprint density at radius 2 is 2.14 bits per heavy atom. The van der Waals surface area contributed by atoms with E-state index >= 15 is 0 Å². The predicted octanol–water partition coefficient (Wildman–Crippen LogP) is 2.46. The maximum atomic E-state index is 5.72. The molecule has 0 spiro atoms. The highest BCUT2D eigenvalue weighted by Crippen LogP contribution is 2.26. The Labute approximate surface area is 82.5 Å². The average molecular weight is 191 g/mol. The van der Waals surface area contributed by atoms with E-state index in [4.69, 9.17) is 14.9 Å². The van der Waals surface area contributed by atoms with E-state index in [1.165, 1.54) is 0 Å². The van der Waals surface area contributed by atoms with Crippen molar-refractivity contribution in [2.45, 2.75) is 13.0 Å². The number of hydrogen-bond donors (Lipinski definition) is 1. The Kier molecular flexibility index (Phi) is 2.17. The van der Waals surface area contributed by atoms with Gasteiger partial charge in [0.2, 0.25) is 0 Å². The molecule has 2 rings (SSSR count). The van der Waals surface area contributed by atoms with Crippen molar-refractivity contribution in [2.75, 3.05) is 7.11 Å². The van der Waals surface area contributed by atoms with Gasteiger partial charge in [-0.15, -0.1) is 0 Å². The number of ether oxygens (including phenoxy) is 1. The molecule has 1 atom stereocenters. The van der Waals surface area contributed by atoms with Crippen LogP contribution >= 0.6 is 0 Å². The lowest BCUT2D eigenvalue weighted by Gasteiger charge is -1.97. The molecule has 0 saturated heterocycles. The molecule has 0 bridgehead atoms. The Morgan fingerprint density at radius 1 is 1.36 bits per heavy atom. The molecule has 0 saturated carbocycles. The Hall–Kier alpha value is -1.48. The van der Waals surface area contributed by atoms with Crippen LogP contribution in [0.5, 0.6) is 5.75 Å².